The molecule has 2 aromatic rings. The number of ether oxygens (including phenoxy) is 1. The molecule has 0 spiro atoms. The van der Waals surface area contributed by atoms with Crippen LogP contribution in [0.3, 0.4) is 0 Å². The Bertz CT molecular complexity index is 582. The van der Waals surface area contributed by atoms with Gasteiger partial charge in [-0.1, -0.05) is 22.0 Å². The van der Waals surface area contributed by atoms with Crippen LogP contribution in [0.15, 0.2) is 35.1 Å². The van der Waals surface area contributed by atoms with Crippen molar-refractivity contribution < 1.29 is 9.84 Å². The molecule has 0 saturated heterocycles. The molecule has 2 unspecified atom stereocenters. The van der Waals surface area contributed by atoms with Gasteiger partial charge in [-0.25, -0.2) is 0 Å². The molecule has 1 N–H and O–H groups in total. The molecule has 0 radical (unpaired) electrons. The molecule has 0 fully saturated rings. The molecule has 2 heterocycles. The average molecular weight is 309 g/mol. The molecule has 4 nitrogen and oxygen atoms in total. The normalized spacial score (nSPS) is 22.4. The molecule has 0 saturated carbocycles. The lowest BCUT2D eigenvalue weighted by molar-refractivity contribution is 0.0656. The Labute approximate surface area is 113 Å². The lowest BCUT2D eigenvalue weighted by atomic mass is 9.96. The fourth-order valence-electron chi connectivity index (χ4n) is 2.23. The molecule has 5 heteroatoms. The number of aliphatic hydroxyl groups excluding tert-OH is 1. The van der Waals surface area contributed by atoms with Crippen molar-refractivity contribution in [2.45, 2.75) is 18.6 Å². The van der Waals surface area contributed by atoms with Crippen molar-refractivity contribution in [1.29, 1.82) is 0 Å². The first-order chi connectivity index (χ1) is 8.63. The van der Waals surface area contributed by atoms with E-state index in [1.165, 1.54) is 0 Å². The smallest absolute Gasteiger partial charge is 0.130 e. The Morgan fingerprint density at radius 1 is 1.50 bits per heavy atom. The van der Waals surface area contributed by atoms with E-state index in [9.17, 15) is 5.11 Å². The van der Waals surface area contributed by atoms with E-state index < -0.39 is 6.10 Å². The van der Waals surface area contributed by atoms with E-state index in [1.807, 2.05) is 31.4 Å². The van der Waals surface area contributed by atoms with Crippen molar-refractivity contribution >= 4 is 15.9 Å². The van der Waals surface area contributed by atoms with Gasteiger partial charge in [-0.3, -0.25) is 4.68 Å². The van der Waals surface area contributed by atoms with Crippen molar-refractivity contribution in [2.75, 3.05) is 0 Å². The van der Waals surface area contributed by atoms with Gasteiger partial charge in [0.2, 0.25) is 0 Å². The SMILES string of the molecule is Cn1cc(C2CC(O)c3ccc(Br)cc3O2)cn1. The van der Waals surface area contributed by atoms with E-state index in [2.05, 4.69) is 21.0 Å². The predicted molar refractivity (Wildman–Crippen MR) is 70.3 cm³/mol. The van der Waals surface area contributed by atoms with Crippen LogP contribution >= 0.6 is 15.9 Å². The number of fused-ring (bicyclic) bond motifs is 1. The number of hydrogen-bond donors (Lipinski definition) is 1. The van der Waals surface area contributed by atoms with Crippen LogP contribution in [0, 0.1) is 0 Å². The summed E-state index contributed by atoms with van der Waals surface area (Å²) >= 11 is 3.41. The molecule has 1 aromatic carbocycles. The molecule has 0 bridgehead atoms. The first-order valence-electron chi connectivity index (χ1n) is 5.76. The second kappa shape index (κ2) is 4.40. The zero-order chi connectivity index (χ0) is 12.7. The lowest BCUT2D eigenvalue weighted by Gasteiger charge is -2.29. The van der Waals surface area contributed by atoms with Crippen LogP contribution in [0.2, 0.25) is 0 Å². The highest BCUT2D eigenvalue weighted by molar-refractivity contribution is 9.10. The van der Waals surface area contributed by atoms with Crippen molar-refractivity contribution in [3.8, 4) is 5.75 Å². The number of rotatable bonds is 1. The van der Waals surface area contributed by atoms with E-state index >= 15 is 0 Å². The average Bonchev–Trinajstić information content (AvgIpc) is 2.75. The van der Waals surface area contributed by atoms with Gasteiger partial charge < -0.3 is 9.84 Å². The predicted octanol–water partition coefficient (Wildman–Crippen LogP) is 2.74. The molecule has 94 valence electrons. The zero-order valence-corrected chi connectivity index (χ0v) is 11.5. The summed E-state index contributed by atoms with van der Waals surface area (Å²) in [5.41, 5.74) is 1.83. The number of halogens is 1. The third-order valence-corrected chi connectivity index (χ3v) is 3.63. The summed E-state index contributed by atoms with van der Waals surface area (Å²) in [4.78, 5) is 0. The Balaban J connectivity index is 1.95. The highest BCUT2D eigenvalue weighted by Gasteiger charge is 2.28. The van der Waals surface area contributed by atoms with Crippen molar-refractivity contribution in [3.63, 3.8) is 0 Å². The van der Waals surface area contributed by atoms with E-state index in [1.54, 1.807) is 10.9 Å². The number of aryl methyl sites for hydroxylation is 1. The highest BCUT2D eigenvalue weighted by atomic mass is 79.9. The summed E-state index contributed by atoms with van der Waals surface area (Å²) in [5.74, 6) is 0.733. The third-order valence-electron chi connectivity index (χ3n) is 3.14. The second-order valence-corrected chi connectivity index (χ2v) is 5.40. The first kappa shape index (κ1) is 11.7. The first-order valence-corrected chi connectivity index (χ1v) is 6.55. The lowest BCUT2D eigenvalue weighted by Crippen LogP contribution is -2.18. The van der Waals surface area contributed by atoms with Gasteiger partial charge in [0, 0.05) is 35.3 Å². The molecule has 1 aliphatic rings. The fraction of sp³-hybridized carbons (Fsp3) is 0.308. The molecule has 0 amide bonds. The summed E-state index contributed by atoms with van der Waals surface area (Å²) < 4.78 is 8.62. The maximum absolute atomic E-state index is 10.2. The van der Waals surface area contributed by atoms with Gasteiger partial charge in [0.25, 0.3) is 0 Å². The van der Waals surface area contributed by atoms with Gasteiger partial charge in [-0.15, -0.1) is 0 Å². The summed E-state index contributed by atoms with van der Waals surface area (Å²) in [6.45, 7) is 0. The van der Waals surface area contributed by atoms with E-state index in [0.29, 0.717) is 6.42 Å². The van der Waals surface area contributed by atoms with Crippen molar-refractivity contribution in [1.82, 2.24) is 9.78 Å². The largest absolute Gasteiger partial charge is 0.485 e. The highest BCUT2D eigenvalue weighted by Crippen LogP contribution is 2.41. The van der Waals surface area contributed by atoms with Crippen molar-refractivity contribution in [2.24, 2.45) is 7.05 Å². The van der Waals surface area contributed by atoms with Crippen LogP contribution in [-0.4, -0.2) is 14.9 Å². The Hall–Kier alpha value is -1.33. The quantitative estimate of drug-likeness (QED) is 0.881. The van der Waals surface area contributed by atoms with Gasteiger partial charge in [0.15, 0.2) is 0 Å². The van der Waals surface area contributed by atoms with Gasteiger partial charge in [0.1, 0.15) is 11.9 Å². The fourth-order valence-corrected chi connectivity index (χ4v) is 2.57. The number of aliphatic hydroxyl groups is 1. The van der Waals surface area contributed by atoms with Gasteiger partial charge in [-0.05, 0) is 12.1 Å². The van der Waals surface area contributed by atoms with E-state index in [-0.39, 0.29) is 6.10 Å². The molecule has 1 aliphatic heterocycles. The van der Waals surface area contributed by atoms with Crippen LogP contribution in [0.4, 0.5) is 0 Å². The maximum atomic E-state index is 10.2. The Morgan fingerprint density at radius 3 is 3.06 bits per heavy atom. The molecule has 18 heavy (non-hydrogen) atoms. The van der Waals surface area contributed by atoms with Crippen LogP contribution < -0.4 is 4.74 Å². The number of aromatic nitrogens is 2. The van der Waals surface area contributed by atoms with E-state index in [4.69, 9.17) is 4.74 Å². The molecule has 1 aromatic heterocycles. The number of hydrogen-bond acceptors (Lipinski definition) is 3. The topological polar surface area (TPSA) is 47.3 Å². The maximum Gasteiger partial charge on any atom is 0.130 e. The molecular weight excluding hydrogens is 296 g/mol. The third kappa shape index (κ3) is 2.04. The van der Waals surface area contributed by atoms with Crippen LogP contribution in [0.25, 0.3) is 0 Å². The minimum atomic E-state index is -0.493. The zero-order valence-electron chi connectivity index (χ0n) is 9.88. The van der Waals surface area contributed by atoms with Crippen LogP contribution in [0.1, 0.15) is 29.8 Å². The minimum Gasteiger partial charge on any atom is -0.485 e. The summed E-state index contributed by atoms with van der Waals surface area (Å²) in [7, 11) is 1.87. The standard InChI is InChI=1S/C13H13BrN2O2/c1-16-7-8(6-15-16)12-5-11(17)10-3-2-9(14)4-13(10)18-12/h2-4,6-7,11-12,17H,5H2,1H3. The second-order valence-electron chi connectivity index (χ2n) is 4.49. The van der Waals surface area contributed by atoms with Gasteiger partial charge in [0.05, 0.1) is 12.3 Å². The minimum absolute atomic E-state index is 0.143. The summed E-state index contributed by atoms with van der Waals surface area (Å²) in [6, 6.07) is 5.69. The molecule has 3 rings (SSSR count). The van der Waals surface area contributed by atoms with Crippen LogP contribution in [-0.2, 0) is 7.05 Å². The molecule has 0 aliphatic carbocycles. The monoisotopic (exact) mass is 308 g/mol. The van der Waals surface area contributed by atoms with Crippen LogP contribution in [0.5, 0.6) is 5.75 Å². The number of nitrogens with zero attached hydrogens (tertiary/aromatic N) is 2. The Kier molecular flexibility index (Phi) is 2.87. The van der Waals surface area contributed by atoms with E-state index in [0.717, 1.165) is 21.3 Å². The molecular formula is C13H13BrN2O2. The van der Waals surface area contributed by atoms with Crippen molar-refractivity contribution in [3.05, 3.63) is 46.2 Å². The summed E-state index contributed by atoms with van der Waals surface area (Å²) in [6.07, 6.45) is 3.61. The van der Waals surface area contributed by atoms with Gasteiger partial charge in [-0.2, -0.15) is 5.10 Å². The molecule has 2 atom stereocenters. The number of benzene rings is 1. The Morgan fingerprint density at radius 2 is 2.33 bits per heavy atom. The van der Waals surface area contributed by atoms with Gasteiger partial charge >= 0.3 is 0 Å². The summed E-state index contributed by atoms with van der Waals surface area (Å²) in [5, 5.41) is 14.3.